The standard InChI is InChI=1S/C12H24N2O2/c1-5-14(12(2,3)11(15)16)10-7-6-8-13(4)9-10/h10H,5-9H2,1-4H3,(H,15,16). The van der Waals surface area contributed by atoms with Crippen molar-refractivity contribution in [2.75, 3.05) is 26.7 Å². The van der Waals surface area contributed by atoms with Crippen LogP contribution in [0.1, 0.15) is 33.6 Å². The fraction of sp³-hybridized carbons (Fsp3) is 0.917. The number of nitrogens with zero attached hydrogens (tertiary/aromatic N) is 2. The first-order chi connectivity index (χ1) is 7.39. The Hall–Kier alpha value is -0.610. The zero-order chi connectivity index (χ0) is 12.3. The summed E-state index contributed by atoms with van der Waals surface area (Å²) < 4.78 is 0. The van der Waals surface area contributed by atoms with Crippen LogP contribution >= 0.6 is 0 Å². The van der Waals surface area contributed by atoms with Crippen LogP contribution in [0.4, 0.5) is 0 Å². The Morgan fingerprint density at radius 1 is 1.56 bits per heavy atom. The first kappa shape index (κ1) is 13.5. The SMILES string of the molecule is CCN(C1CCCN(C)C1)C(C)(C)C(=O)O. The van der Waals surface area contributed by atoms with E-state index in [1.54, 1.807) is 13.8 Å². The summed E-state index contributed by atoms with van der Waals surface area (Å²) in [5.41, 5.74) is -0.766. The summed E-state index contributed by atoms with van der Waals surface area (Å²) in [6.07, 6.45) is 2.27. The van der Waals surface area contributed by atoms with Gasteiger partial charge in [0.15, 0.2) is 0 Å². The molecule has 16 heavy (non-hydrogen) atoms. The number of carboxylic acids is 1. The molecule has 0 radical (unpaired) electrons. The summed E-state index contributed by atoms with van der Waals surface area (Å²) in [6.45, 7) is 8.53. The minimum absolute atomic E-state index is 0.370. The number of rotatable bonds is 4. The van der Waals surface area contributed by atoms with Crippen LogP contribution in [0, 0.1) is 0 Å². The van der Waals surface area contributed by atoms with Crippen molar-refractivity contribution in [3.63, 3.8) is 0 Å². The minimum Gasteiger partial charge on any atom is -0.480 e. The maximum Gasteiger partial charge on any atom is 0.323 e. The third kappa shape index (κ3) is 2.74. The van der Waals surface area contributed by atoms with Crippen molar-refractivity contribution in [1.29, 1.82) is 0 Å². The lowest BCUT2D eigenvalue weighted by Crippen LogP contribution is -2.58. The van der Waals surface area contributed by atoms with Gasteiger partial charge in [0.25, 0.3) is 0 Å². The number of piperidine rings is 1. The molecule has 0 aromatic carbocycles. The quantitative estimate of drug-likeness (QED) is 0.787. The molecule has 0 amide bonds. The van der Waals surface area contributed by atoms with Gasteiger partial charge in [0, 0.05) is 12.6 Å². The fourth-order valence-corrected chi connectivity index (χ4v) is 2.63. The molecule has 1 rings (SSSR count). The predicted octanol–water partition coefficient (Wildman–Crippen LogP) is 1.27. The molecule has 1 unspecified atom stereocenters. The lowest BCUT2D eigenvalue weighted by Gasteiger charge is -2.44. The maximum absolute atomic E-state index is 11.3. The van der Waals surface area contributed by atoms with E-state index in [2.05, 4.69) is 16.8 Å². The predicted molar refractivity (Wildman–Crippen MR) is 64.6 cm³/mol. The van der Waals surface area contributed by atoms with Gasteiger partial charge in [-0.3, -0.25) is 9.69 Å². The summed E-state index contributed by atoms with van der Waals surface area (Å²) >= 11 is 0. The molecule has 0 aromatic heterocycles. The molecule has 1 aliphatic rings. The lowest BCUT2D eigenvalue weighted by atomic mass is 9.96. The van der Waals surface area contributed by atoms with E-state index in [0.717, 1.165) is 32.5 Å². The Kier molecular flexibility index (Phi) is 4.33. The van der Waals surface area contributed by atoms with Crippen molar-refractivity contribution in [2.45, 2.75) is 45.2 Å². The lowest BCUT2D eigenvalue weighted by molar-refractivity contribution is -0.151. The number of carbonyl (C=O) groups is 1. The molecule has 4 heteroatoms. The Morgan fingerprint density at radius 3 is 2.62 bits per heavy atom. The van der Waals surface area contributed by atoms with Gasteiger partial charge in [0.2, 0.25) is 0 Å². The van der Waals surface area contributed by atoms with Crippen molar-refractivity contribution in [3.05, 3.63) is 0 Å². The van der Waals surface area contributed by atoms with Crippen LogP contribution in [0.5, 0.6) is 0 Å². The molecule has 0 saturated carbocycles. The highest BCUT2D eigenvalue weighted by Crippen LogP contribution is 2.23. The number of likely N-dealkylation sites (tertiary alicyclic amines) is 1. The van der Waals surface area contributed by atoms with E-state index in [4.69, 9.17) is 0 Å². The number of hydrogen-bond donors (Lipinski definition) is 1. The second-order valence-electron chi connectivity index (χ2n) is 5.21. The van der Waals surface area contributed by atoms with Gasteiger partial charge in [-0.05, 0) is 46.8 Å². The van der Waals surface area contributed by atoms with Gasteiger partial charge >= 0.3 is 5.97 Å². The number of aliphatic carboxylic acids is 1. The van der Waals surface area contributed by atoms with Crippen LogP contribution in [0.3, 0.4) is 0 Å². The van der Waals surface area contributed by atoms with Gasteiger partial charge in [-0.25, -0.2) is 0 Å². The Labute approximate surface area is 98.2 Å². The summed E-state index contributed by atoms with van der Waals surface area (Å²) in [7, 11) is 2.10. The first-order valence-corrected chi connectivity index (χ1v) is 6.08. The van der Waals surface area contributed by atoms with E-state index in [1.165, 1.54) is 0 Å². The van der Waals surface area contributed by atoms with Gasteiger partial charge in [0.1, 0.15) is 5.54 Å². The van der Waals surface area contributed by atoms with E-state index >= 15 is 0 Å². The van der Waals surface area contributed by atoms with Crippen molar-refractivity contribution < 1.29 is 9.90 Å². The van der Waals surface area contributed by atoms with E-state index in [-0.39, 0.29) is 0 Å². The van der Waals surface area contributed by atoms with Crippen LogP contribution < -0.4 is 0 Å². The molecular weight excluding hydrogens is 204 g/mol. The van der Waals surface area contributed by atoms with Crippen LogP contribution in [0.15, 0.2) is 0 Å². The molecule has 0 aliphatic carbocycles. The van der Waals surface area contributed by atoms with Crippen molar-refractivity contribution in [1.82, 2.24) is 9.80 Å². The van der Waals surface area contributed by atoms with Gasteiger partial charge in [-0.2, -0.15) is 0 Å². The third-order valence-electron chi connectivity index (χ3n) is 3.62. The minimum atomic E-state index is -0.766. The Bertz CT molecular complexity index is 253. The molecule has 1 atom stereocenters. The molecule has 0 bridgehead atoms. The first-order valence-electron chi connectivity index (χ1n) is 6.08. The van der Waals surface area contributed by atoms with E-state index < -0.39 is 11.5 Å². The molecular formula is C12H24N2O2. The highest BCUT2D eigenvalue weighted by Gasteiger charge is 2.38. The zero-order valence-corrected chi connectivity index (χ0v) is 10.9. The second kappa shape index (κ2) is 5.15. The largest absolute Gasteiger partial charge is 0.480 e. The average Bonchev–Trinajstić information content (AvgIpc) is 2.18. The molecule has 4 nitrogen and oxygen atoms in total. The van der Waals surface area contributed by atoms with Crippen LogP contribution in [-0.4, -0.2) is 59.1 Å². The van der Waals surface area contributed by atoms with E-state index in [0.29, 0.717) is 6.04 Å². The molecule has 1 N–H and O–H groups in total. The normalized spacial score (nSPS) is 23.7. The summed E-state index contributed by atoms with van der Waals surface area (Å²) in [6, 6.07) is 0.370. The summed E-state index contributed by atoms with van der Waals surface area (Å²) in [4.78, 5) is 15.7. The van der Waals surface area contributed by atoms with Gasteiger partial charge in [0.05, 0.1) is 0 Å². The fourth-order valence-electron chi connectivity index (χ4n) is 2.63. The molecule has 1 fully saturated rings. The topological polar surface area (TPSA) is 43.8 Å². The molecule has 0 aromatic rings. The van der Waals surface area contributed by atoms with E-state index in [1.807, 2.05) is 6.92 Å². The van der Waals surface area contributed by atoms with Crippen molar-refractivity contribution in [2.24, 2.45) is 0 Å². The van der Waals surface area contributed by atoms with Crippen LogP contribution in [0.25, 0.3) is 0 Å². The van der Waals surface area contributed by atoms with Crippen LogP contribution in [-0.2, 0) is 4.79 Å². The number of carboxylic acid groups (broad SMARTS) is 1. The molecule has 1 heterocycles. The van der Waals surface area contributed by atoms with Gasteiger partial charge < -0.3 is 10.0 Å². The smallest absolute Gasteiger partial charge is 0.323 e. The zero-order valence-electron chi connectivity index (χ0n) is 10.9. The molecule has 1 aliphatic heterocycles. The number of likely N-dealkylation sites (N-methyl/N-ethyl adjacent to an activating group) is 2. The van der Waals surface area contributed by atoms with Crippen molar-refractivity contribution >= 4 is 5.97 Å². The molecule has 0 spiro atoms. The average molecular weight is 228 g/mol. The molecule has 94 valence electrons. The van der Waals surface area contributed by atoms with Crippen molar-refractivity contribution in [3.8, 4) is 0 Å². The summed E-state index contributed by atoms with van der Waals surface area (Å²) in [5, 5.41) is 9.28. The summed E-state index contributed by atoms with van der Waals surface area (Å²) in [5.74, 6) is -0.734. The molecule has 1 saturated heterocycles. The van der Waals surface area contributed by atoms with Crippen LogP contribution in [0.2, 0.25) is 0 Å². The monoisotopic (exact) mass is 228 g/mol. The second-order valence-corrected chi connectivity index (χ2v) is 5.21. The third-order valence-corrected chi connectivity index (χ3v) is 3.62. The Balaban J connectivity index is 2.77. The number of hydrogen-bond acceptors (Lipinski definition) is 3. The van der Waals surface area contributed by atoms with Gasteiger partial charge in [-0.1, -0.05) is 6.92 Å². The maximum atomic E-state index is 11.3. The Morgan fingerprint density at radius 2 is 2.19 bits per heavy atom. The van der Waals surface area contributed by atoms with Gasteiger partial charge in [-0.15, -0.1) is 0 Å². The highest BCUT2D eigenvalue weighted by molar-refractivity contribution is 5.77. The highest BCUT2D eigenvalue weighted by atomic mass is 16.4. The van der Waals surface area contributed by atoms with E-state index in [9.17, 15) is 9.90 Å².